The van der Waals surface area contributed by atoms with Crippen LogP contribution in [0.3, 0.4) is 0 Å². The lowest BCUT2D eigenvalue weighted by Crippen LogP contribution is -2.34. The lowest BCUT2D eigenvalue weighted by atomic mass is 9.84. The van der Waals surface area contributed by atoms with E-state index in [1.54, 1.807) is 7.11 Å². The monoisotopic (exact) mass is 261 g/mol. The molecule has 106 valence electrons. The number of para-hydroxylation sites is 1. The summed E-state index contributed by atoms with van der Waals surface area (Å²) in [7, 11) is 1.75. The molecule has 0 heterocycles. The van der Waals surface area contributed by atoms with Crippen LogP contribution in [0.25, 0.3) is 0 Å². The van der Waals surface area contributed by atoms with Crippen molar-refractivity contribution in [3.8, 4) is 5.75 Å². The van der Waals surface area contributed by atoms with E-state index in [0.717, 1.165) is 30.7 Å². The summed E-state index contributed by atoms with van der Waals surface area (Å²) in [5.74, 6) is 1.99. The van der Waals surface area contributed by atoms with Crippen molar-refractivity contribution in [3.05, 3.63) is 29.8 Å². The maximum atomic E-state index is 5.39. The molecule has 1 aliphatic carbocycles. The molecule has 2 heteroatoms. The van der Waals surface area contributed by atoms with Crippen molar-refractivity contribution in [1.82, 2.24) is 5.32 Å². The van der Waals surface area contributed by atoms with Crippen LogP contribution in [-0.2, 0) is 6.42 Å². The smallest absolute Gasteiger partial charge is 0.122 e. The van der Waals surface area contributed by atoms with E-state index in [2.05, 4.69) is 24.4 Å². The molecule has 2 rings (SSSR count). The molecule has 1 fully saturated rings. The Morgan fingerprint density at radius 3 is 2.58 bits per heavy atom. The lowest BCUT2D eigenvalue weighted by molar-refractivity contribution is 0.287. The molecule has 0 aromatic heterocycles. The van der Waals surface area contributed by atoms with Crippen LogP contribution in [-0.4, -0.2) is 19.7 Å². The predicted molar refractivity (Wildman–Crippen MR) is 80.7 cm³/mol. The number of methoxy groups -OCH3 is 1. The van der Waals surface area contributed by atoms with Crippen molar-refractivity contribution >= 4 is 0 Å². The third kappa shape index (κ3) is 4.24. The molecular formula is C17H27NO. The van der Waals surface area contributed by atoms with Crippen molar-refractivity contribution in [2.45, 2.75) is 51.5 Å². The molecule has 0 aliphatic heterocycles. The molecule has 0 saturated heterocycles. The Morgan fingerprint density at radius 1 is 1.16 bits per heavy atom. The fraction of sp³-hybridized carbons (Fsp3) is 0.647. The normalized spacial score (nSPS) is 23.3. The SMILES string of the molecule is CCC1CCC(NCCc2ccccc2OC)CC1. The van der Waals surface area contributed by atoms with Crippen molar-refractivity contribution in [1.29, 1.82) is 0 Å². The first kappa shape index (κ1) is 14.4. The van der Waals surface area contributed by atoms with E-state index < -0.39 is 0 Å². The Labute approximate surface area is 117 Å². The van der Waals surface area contributed by atoms with Crippen molar-refractivity contribution in [2.24, 2.45) is 5.92 Å². The summed E-state index contributed by atoms with van der Waals surface area (Å²) in [6.07, 6.45) is 7.92. The summed E-state index contributed by atoms with van der Waals surface area (Å²) in [5.41, 5.74) is 1.31. The zero-order valence-electron chi connectivity index (χ0n) is 12.3. The van der Waals surface area contributed by atoms with Gasteiger partial charge < -0.3 is 10.1 Å². The molecule has 2 nitrogen and oxygen atoms in total. The van der Waals surface area contributed by atoms with Gasteiger partial charge in [0.25, 0.3) is 0 Å². The van der Waals surface area contributed by atoms with Gasteiger partial charge in [-0.15, -0.1) is 0 Å². The van der Waals surface area contributed by atoms with Gasteiger partial charge >= 0.3 is 0 Å². The van der Waals surface area contributed by atoms with E-state index in [1.807, 2.05) is 12.1 Å². The quantitative estimate of drug-likeness (QED) is 0.841. The number of nitrogens with one attached hydrogen (secondary N) is 1. The topological polar surface area (TPSA) is 21.3 Å². The molecule has 1 N–H and O–H groups in total. The molecular weight excluding hydrogens is 234 g/mol. The Kier molecular flexibility index (Phi) is 5.71. The van der Waals surface area contributed by atoms with E-state index in [4.69, 9.17) is 4.74 Å². The molecule has 0 spiro atoms. The van der Waals surface area contributed by atoms with Crippen LogP contribution in [0.1, 0.15) is 44.6 Å². The molecule has 0 radical (unpaired) electrons. The van der Waals surface area contributed by atoms with Gasteiger partial charge in [-0.3, -0.25) is 0 Å². The van der Waals surface area contributed by atoms with E-state index in [9.17, 15) is 0 Å². The summed E-state index contributed by atoms with van der Waals surface area (Å²) < 4.78 is 5.39. The van der Waals surface area contributed by atoms with Crippen LogP contribution < -0.4 is 10.1 Å². The van der Waals surface area contributed by atoms with Crippen molar-refractivity contribution < 1.29 is 4.74 Å². The van der Waals surface area contributed by atoms with Crippen molar-refractivity contribution in [2.75, 3.05) is 13.7 Å². The van der Waals surface area contributed by atoms with Crippen molar-refractivity contribution in [3.63, 3.8) is 0 Å². The summed E-state index contributed by atoms with van der Waals surface area (Å²) in [4.78, 5) is 0. The van der Waals surface area contributed by atoms with E-state index >= 15 is 0 Å². The first-order chi connectivity index (χ1) is 9.33. The molecule has 19 heavy (non-hydrogen) atoms. The highest BCUT2D eigenvalue weighted by Crippen LogP contribution is 2.26. The Morgan fingerprint density at radius 2 is 1.89 bits per heavy atom. The van der Waals surface area contributed by atoms with Gasteiger partial charge in [0.15, 0.2) is 0 Å². The molecule has 1 saturated carbocycles. The minimum Gasteiger partial charge on any atom is -0.496 e. The van der Waals surface area contributed by atoms with Gasteiger partial charge in [-0.2, -0.15) is 0 Å². The number of benzene rings is 1. The maximum absolute atomic E-state index is 5.39. The molecule has 0 bridgehead atoms. The largest absolute Gasteiger partial charge is 0.496 e. The number of hydrogen-bond acceptors (Lipinski definition) is 2. The molecule has 1 aliphatic rings. The second-order valence-corrected chi connectivity index (χ2v) is 5.64. The standard InChI is InChI=1S/C17H27NO/c1-3-14-8-10-16(11-9-14)18-13-12-15-6-4-5-7-17(15)19-2/h4-7,14,16,18H,3,8-13H2,1-2H3. The van der Waals surface area contributed by atoms with E-state index in [-0.39, 0.29) is 0 Å². The fourth-order valence-electron chi connectivity index (χ4n) is 3.10. The summed E-state index contributed by atoms with van der Waals surface area (Å²) >= 11 is 0. The van der Waals surface area contributed by atoms with Gasteiger partial charge in [-0.05, 0) is 56.2 Å². The summed E-state index contributed by atoms with van der Waals surface area (Å²) in [5, 5.41) is 3.71. The second kappa shape index (κ2) is 7.54. The molecule has 1 aromatic rings. The van der Waals surface area contributed by atoms with Crippen LogP contribution in [0.4, 0.5) is 0 Å². The van der Waals surface area contributed by atoms with Crippen LogP contribution in [0, 0.1) is 5.92 Å². The van der Waals surface area contributed by atoms with Crippen LogP contribution in [0.5, 0.6) is 5.75 Å². The van der Waals surface area contributed by atoms with Gasteiger partial charge in [0.1, 0.15) is 5.75 Å². The maximum Gasteiger partial charge on any atom is 0.122 e. The molecule has 0 amide bonds. The first-order valence-corrected chi connectivity index (χ1v) is 7.68. The Balaban J connectivity index is 1.72. The average molecular weight is 261 g/mol. The highest BCUT2D eigenvalue weighted by Gasteiger charge is 2.19. The Bertz CT molecular complexity index is 369. The minimum atomic E-state index is 0.734. The van der Waals surface area contributed by atoms with Gasteiger partial charge in [0.2, 0.25) is 0 Å². The van der Waals surface area contributed by atoms with Crippen LogP contribution >= 0.6 is 0 Å². The second-order valence-electron chi connectivity index (χ2n) is 5.64. The van der Waals surface area contributed by atoms with Gasteiger partial charge in [-0.25, -0.2) is 0 Å². The van der Waals surface area contributed by atoms with Gasteiger partial charge in [0.05, 0.1) is 7.11 Å². The number of hydrogen-bond donors (Lipinski definition) is 1. The van der Waals surface area contributed by atoms with E-state index in [1.165, 1.54) is 37.7 Å². The molecule has 0 atom stereocenters. The average Bonchev–Trinajstić information content (AvgIpc) is 2.48. The lowest BCUT2D eigenvalue weighted by Gasteiger charge is -2.28. The highest BCUT2D eigenvalue weighted by atomic mass is 16.5. The number of ether oxygens (including phenoxy) is 1. The predicted octanol–water partition coefficient (Wildman–Crippen LogP) is 3.80. The molecule has 0 unspecified atom stereocenters. The Hall–Kier alpha value is -1.02. The molecule has 1 aromatic carbocycles. The zero-order chi connectivity index (χ0) is 13.5. The first-order valence-electron chi connectivity index (χ1n) is 7.68. The van der Waals surface area contributed by atoms with Gasteiger partial charge in [-0.1, -0.05) is 31.5 Å². The van der Waals surface area contributed by atoms with Crippen LogP contribution in [0.15, 0.2) is 24.3 Å². The fourth-order valence-corrected chi connectivity index (χ4v) is 3.10. The minimum absolute atomic E-state index is 0.734. The highest BCUT2D eigenvalue weighted by molar-refractivity contribution is 5.33. The van der Waals surface area contributed by atoms with E-state index in [0.29, 0.717) is 0 Å². The van der Waals surface area contributed by atoms with Crippen LogP contribution in [0.2, 0.25) is 0 Å². The summed E-state index contributed by atoms with van der Waals surface area (Å²) in [6.45, 7) is 3.38. The third-order valence-corrected chi connectivity index (χ3v) is 4.44. The summed E-state index contributed by atoms with van der Waals surface area (Å²) in [6, 6.07) is 9.06. The third-order valence-electron chi connectivity index (χ3n) is 4.44. The van der Waals surface area contributed by atoms with Gasteiger partial charge in [0, 0.05) is 6.04 Å². The number of rotatable bonds is 6. The zero-order valence-corrected chi connectivity index (χ0v) is 12.3.